The van der Waals surface area contributed by atoms with Crippen molar-refractivity contribution in [3.8, 4) is 0 Å². The summed E-state index contributed by atoms with van der Waals surface area (Å²) in [7, 11) is -4.24. The number of halogens is 2. The van der Waals surface area contributed by atoms with Gasteiger partial charge in [-0.2, -0.15) is 0 Å². The van der Waals surface area contributed by atoms with E-state index in [1.54, 1.807) is 13.0 Å². The van der Waals surface area contributed by atoms with Crippen LogP contribution in [0.2, 0.25) is 0 Å². The zero-order valence-electron chi connectivity index (χ0n) is 11.2. The first kappa shape index (κ1) is 15.4. The SMILES string of the molecule is Cc1cccc(F)c1NS(=O)(=O)c1cc(CN)ccc1F. The van der Waals surface area contributed by atoms with Crippen LogP contribution in [0.25, 0.3) is 0 Å². The minimum absolute atomic E-state index is 0.0710. The number of hydrogen-bond acceptors (Lipinski definition) is 3. The zero-order valence-corrected chi connectivity index (χ0v) is 12.0. The van der Waals surface area contributed by atoms with E-state index in [9.17, 15) is 17.2 Å². The van der Waals surface area contributed by atoms with E-state index in [1.165, 1.54) is 12.1 Å². The highest BCUT2D eigenvalue weighted by molar-refractivity contribution is 7.92. The lowest BCUT2D eigenvalue weighted by Crippen LogP contribution is -2.17. The molecule has 2 rings (SSSR count). The van der Waals surface area contributed by atoms with E-state index in [-0.39, 0.29) is 12.2 Å². The highest BCUT2D eigenvalue weighted by atomic mass is 32.2. The molecule has 0 unspecified atom stereocenters. The van der Waals surface area contributed by atoms with Crippen molar-refractivity contribution in [3.63, 3.8) is 0 Å². The number of para-hydroxylation sites is 1. The van der Waals surface area contributed by atoms with Gasteiger partial charge in [0, 0.05) is 6.54 Å². The Morgan fingerprint density at radius 3 is 2.48 bits per heavy atom. The number of nitrogens with one attached hydrogen (secondary N) is 1. The minimum Gasteiger partial charge on any atom is -0.326 e. The maximum Gasteiger partial charge on any atom is 0.264 e. The Balaban J connectivity index is 2.48. The molecule has 112 valence electrons. The molecule has 2 aromatic carbocycles. The summed E-state index contributed by atoms with van der Waals surface area (Å²) < 4.78 is 54.0. The fourth-order valence-corrected chi connectivity index (χ4v) is 3.10. The maximum absolute atomic E-state index is 13.8. The first-order valence-electron chi connectivity index (χ1n) is 6.11. The van der Waals surface area contributed by atoms with Crippen LogP contribution in [0.3, 0.4) is 0 Å². The Kier molecular flexibility index (Phi) is 4.24. The number of anilines is 1. The zero-order chi connectivity index (χ0) is 15.6. The van der Waals surface area contributed by atoms with Gasteiger partial charge in [0.1, 0.15) is 16.5 Å². The van der Waals surface area contributed by atoms with Gasteiger partial charge in [-0.1, -0.05) is 18.2 Å². The summed E-state index contributed by atoms with van der Waals surface area (Å²) in [6.45, 7) is 1.62. The van der Waals surface area contributed by atoms with Crippen LogP contribution in [0.1, 0.15) is 11.1 Å². The fraction of sp³-hybridized carbons (Fsp3) is 0.143. The summed E-state index contributed by atoms with van der Waals surface area (Å²) >= 11 is 0. The molecule has 4 nitrogen and oxygen atoms in total. The summed E-state index contributed by atoms with van der Waals surface area (Å²) in [6, 6.07) is 7.67. The van der Waals surface area contributed by atoms with E-state index in [2.05, 4.69) is 4.72 Å². The summed E-state index contributed by atoms with van der Waals surface area (Å²) in [5.41, 5.74) is 6.07. The van der Waals surface area contributed by atoms with Crippen LogP contribution < -0.4 is 10.5 Å². The van der Waals surface area contributed by atoms with E-state index in [4.69, 9.17) is 5.73 Å². The maximum atomic E-state index is 13.8. The van der Waals surface area contributed by atoms with E-state index >= 15 is 0 Å². The number of benzene rings is 2. The highest BCUT2D eigenvalue weighted by Gasteiger charge is 2.21. The van der Waals surface area contributed by atoms with Gasteiger partial charge in [-0.25, -0.2) is 17.2 Å². The fourth-order valence-electron chi connectivity index (χ4n) is 1.83. The molecule has 21 heavy (non-hydrogen) atoms. The molecule has 0 heterocycles. The average Bonchev–Trinajstić information content (AvgIpc) is 2.43. The minimum atomic E-state index is -4.24. The van der Waals surface area contributed by atoms with Crippen LogP contribution in [0.4, 0.5) is 14.5 Å². The molecule has 0 fully saturated rings. The van der Waals surface area contributed by atoms with Crippen molar-refractivity contribution >= 4 is 15.7 Å². The number of aryl methyl sites for hydroxylation is 1. The topological polar surface area (TPSA) is 72.2 Å². The largest absolute Gasteiger partial charge is 0.326 e. The second-order valence-corrected chi connectivity index (χ2v) is 6.16. The van der Waals surface area contributed by atoms with Gasteiger partial charge in [0.05, 0.1) is 5.69 Å². The van der Waals surface area contributed by atoms with Gasteiger partial charge in [0.2, 0.25) is 0 Å². The molecule has 0 bridgehead atoms. The summed E-state index contributed by atoms with van der Waals surface area (Å²) in [6.07, 6.45) is 0. The number of rotatable bonds is 4. The van der Waals surface area contributed by atoms with Crippen LogP contribution >= 0.6 is 0 Å². The lowest BCUT2D eigenvalue weighted by Gasteiger charge is -2.12. The van der Waals surface area contributed by atoms with Gasteiger partial charge in [0.15, 0.2) is 0 Å². The summed E-state index contributed by atoms with van der Waals surface area (Å²) in [5.74, 6) is -1.65. The van der Waals surface area contributed by atoms with Gasteiger partial charge < -0.3 is 5.73 Å². The van der Waals surface area contributed by atoms with E-state index in [0.717, 1.165) is 18.2 Å². The van der Waals surface area contributed by atoms with Crippen molar-refractivity contribution in [1.29, 1.82) is 0 Å². The molecule has 2 aromatic rings. The van der Waals surface area contributed by atoms with Crippen molar-refractivity contribution < 1.29 is 17.2 Å². The van der Waals surface area contributed by atoms with Gasteiger partial charge in [-0.3, -0.25) is 4.72 Å². The monoisotopic (exact) mass is 312 g/mol. The van der Waals surface area contributed by atoms with Crippen molar-refractivity contribution in [2.45, 2.75) is 18.4 Å². The first-order valence-corrected chi connectivity index (χ1v) is 7.60. The van der Waals surface area contributed by atoms with Crippen molar-refractivity contribution in [3.05, 3.63) is 59.2 Å². The number of nitrogens with two attached hydrogens (primary N) is 1. The molecule has 0 aromatic heterocycles. The Morgan fingerprint density at radius 2 is 1.86 bits per heavy atom. The third kappa shape index (κ3) is 3.20. The van der Waals surface area contributed by atoms with Gasteiger partial charge in [-0.05, 0) is 36.2 Å². The van der Waals surface area contributed by atoms with Crippen LogP contribution in [0.5, 0.6) is 0 Å². The first-order chi connectivity index (χ1) is 9.85. The normalized spacial score (nSPS) is 11.4. The molecule has 0 amide bonds. The molecule has 0 aliphatic rings. The van der Waals surface area contributed by atoms with Crippen LogP contribution in [-0.4, -0.2) is 8.42 Å². The smallest absolute Gasteiger partial charge is 0.264 e. The Morgan fingerprint density at radius 1 is 1.14 bits per heavy atom. The molecule has 0 spiro atoms. The summed E-state index contributed by atoms with van der Waals surface area (Å²) in [4.78, 5) is -0.562. The Labute approximate surface area is 121 Å². The van der Waals surface area contributed by atoms with Gasteiger partial charge in [0.25, 0.3) is 10.0 Å². The highest BCUT2D eigenvalue weighted by Crippen LogP contribution is 2.24. The molecule has 0 aliphatic heterocycles. The molecule has 0 radical (unpaired) electrons. The molecule has 0 aliphatic carbocycles. The summed E-state index contributed by atoms with van der Waals surface area (Å²) in [5, 5.41) is 0. The van der Waals surface area contributed by atoms with Crippen LogP contribution in [0.15, 0.2) is 41.3 Å². The van der Waals surface area contributed by atoms with E-state index in [1.807, 2.05) is 0 Å². The molecular weight excluding hydrogens is 298 g/mol. The van der Waals surface area contributed by atoms with Gasteiger partial charge >= 0.3 is 0 Å². The number of sulfonamides is 1. The second-order valence-electron chi connectivity index (χ2n) is 4.51. The van der Waals surface area contributed by atoms with Crippen molar-refractivity contribution in [2.75, 3.05) is 4.72 Å². The van der Waals surface area contributed by atoms with Gasteiger partial charge in [-0.15, -0.1) is 0 Å². The third-order valence-corrected chi connectivity index (χ3v) is 4.34. The predicted octanol–water partition coefficient (Wildman–Crippen LogP) is 2.53. The van der Waals surface area contributed by atoms with E-state index < -0.39 is 26.6 Å². The molecule has 0 saturated heterocycles. The Bertz CT molecular complexity index is 756. The lowest BCUT2D eigenvalue weighted by atomic mass is 10.2. The Hall–Kier alpha value is -1.99. The van der Waals surface area contributed by atoms with Crippen molar-refractivity contribution in [2.24, 2.45) is 5.73 Å². The molecule has 3 N–H and O–H groups in total. The number of hydrogen-bond donors (Lipinski definition) is 2. The molecule has 0 saturated carbocycles. The predicted molar refractivity (Wildman–Crippen MR) is 76.2 cm³/mol. The van der Waals surface area contributed by atoms with Crippen molar-refractivity contribution in [1.82, 2.24) is 0 Å². The van der Waals surface area contributed by atoms with Crippen LogP contribution in [0, 0.1) is 18.6 Å². The standard InChI is InChI=1S/C14H14F2N2O2S/c1-9-3-2-4-12(16)14(9)18-21(19,20)13-7-10(8-17)5-6-11(13)15/h2-7,18H,8,17H2,1H3. The average molecular weight is 312 g/mol. The lowest BCUT2D eigenvalue weighted by molar-refractivity contribution is 0.568. The molecule has 0 atom stereocenters. The van der Waals surface area contributed by atoms with E-state index in [0.29, 0.717) is 11.1 Å². The quantitative estimate of drug-likeness (QED) is 0.911. The molecular formula is C14H14F2N2O2S. The second kappa shape index (κ2) is 5.79. The third-order valence-electron chi connectivity index (χ3n) is 2.98. The van der Waals surface area contributed by atoms with Crippen LogP contribution in [-0.2, 0) is 16.6 Å². The molecule has 7 heteroatoms.